The molecule has 0 spiro atoms. The fraction of sp³-hybridized carbons (Fsp3) is 0.0556. The van der Waals surface area contributed by atoms with Crippen molar-refractivity contribution in [3.05, 3.63) is 63.0 Å². The topological polar surface area (TPSA) is 88.0 Å². The van der Waals surface area contributed by atoms with Gasteiger partial charge in [0, 0.05) is 5.56 Å². The minimum absolute atomic E-state index is 0.298. The molecule has 0 saturated carbocycles. The number of aliphatic imine (C=N–C) groups is 1. The number of thioether (sulfide) groups is 1. The molecule has 2 aromatic rings. The molecule has 0 unspecified atom stereocenters. The molecule has 3 rings (SSSR count). The molecule has 138 valence electrons. The molecule has 9 heteroatoms. The van der Waals surface area contributed by atoms with Crippen molar-refractivity contribution in [3.63, 3.8) is 0 Å². The molecule has 0 bridgehead atoms. The SMILES string of the molecule is O=C(O)COc1ccccc1/C=C1/SC(=Nc2cccc(Cl)c2Cl)NC1=O. The number of rotatable bonds is 5. The third-order valence-electron chi connectivity index (χ3n) is 3.36. The molecule has 1 aliphatic rings. The van der Waals surface area contributed by atoms with Crippen LogP contribution in [0, 0.1) is 0 Å². The predicted molar refractivity (Wildman–Crippen MR) is 107 cm³/mol. The van der Waals surface area contributed by atoms with Gasteiger partial charge in [-0.2, -0.15) is 0 Å². The number of hydrogen-bond acceptors (Lipinski definition) is 5. The molecule has 1 amide bonds. The van der Waals surface area contributed by atoms with E-state index >= 15 is 0 Å². The number of amidine groups is 1. The van der Waals surface area contributed by atoms with Crippen LogP contribution < -0.4 is 10.1 Å². The summed E-state index contributed by atoms with van der Waals surface area (Å²) in [6.07, 6.45) is 1.61. The van der Waals surface area contributed by atoms with Gasteiger partial charge in [0.15, 0.2) is 11.8 Å². The number of hydrogen-bond donors (Lipinski definition) is 2. The van der Waals surface area contributed by atoms with Crippen molar-refractivity contribution >= 4 is 63.8 Å². The van der Waals surface area contributed by atoms with Crippen molar-refractivity contribution in [3.8, 4) is 5.75 Å². The van der Waals surface area contributed by atoms with E-state index in [1.807, 2.05) is 0 Å². The number of carboxylic acid groups (broad SMARTS) is 1. The highest BCUT2D eigenvalue weighted by Gasteiger charge is 2.24. The number of amides is 1. The van der Waals surface area contributed by atoms with Gasteiger partial charge in [0.1, 0.15) is 5.75 Å². The number of carbonyl (C=O) groups excluding carboxylic acids is 1. The summed E-state index contributed by atoms with van der Waals surface area (Å²) in [6.45, 7) is -0.473. The Morgan fingerprint density at radius 1 is 1.22 bits per heavy atom. The summed E-state index contributed by atoms with van der Waals surface area (Å²) in [5, 5.41) is 12.4. The maximum Gasteiger partial charge on any atom is 0.341 e. The Morgan fingerprint density at radius 2 is 2.00 bits per heavy atom. The zero-order valence-electron chi connectivity index (χ0n) is 13.6. The van der Waals surface area contributed by atoms with Crippen LogP contribution in [0.3, 0.4) is 0 Å². The van der Waals surface area contributed by atoms with E-state index in [9.17, 15) is 9.59 Å². The van der Waals surface area contributed by atoms with Gasteiger partial charge in [-0.25, -0.2) is 9.79 Å². The lowest BCUT2D eigenvalue weighted by Gasteiger charge is -2.06. The Labute approximate surface area is 168 Å². The molecule has 0 radical (unpaired) electrons. The largest absolute Gasteiger partial charge is 0.481 e. The number of para-hydroxylation sites is 1. The van der Waals surface area contributed by atoms with Crippen LogP contribution in [0.15, 0.2) is 52.4 Å². The van der Waals surface area contributed by atoms with E-state index in [0.717, 1.165) is 11.8 Å². The molecule has 0 atom stereocenters. The molecule has 1 fully saturated rings. The second-order valence-corrected chi connectivity index (χ2v) is 7.09. The number of benzene rings is 2. The van der Waals surface area contributed by atoms with E-state index in [-0.39, 0.29) is 5.91 Å². The second kappa shape index (κ2) is 8.47. The number of halogens is 2. The van der Waals surface area contributed by atoms with Crippen LogP contribution in [0.1, 0.15) is 5.56 Å². The van der Waals surface area contributed by atoms with Gasteiger partial charge in [-0.15, -0.1) is 0 Å². The number of ether oxygens (including phenoxy) is 1. The van der Waals surface area contributed by atoms with E-state index in [2.05, 4.69) is 10.3 Å². The third kappa shape index (κ3) is 4.82. The summed E-state index contributed by atoms with van der Waals surface area (Å²) in [5.41, 5.74) is 1.02. The molecule has 1 aliphatic heterocycles. The van der Waals surface area contributed by atoms with Gasteiger partial charge in [-0.1, -0.05) is 47.5 Å². The number of aliphatic carboxylic acids is 1. The van der Waals surface area contributed by atoms with Gasteiger partial charge in [-0.3, -0.25) is 4.79 Å². The van der Waals surface area contributed by atoms with Crippen LogP contribution in [-0.4, -0.2) is 28.8 Å². The number of carbonyl (C=O) groups is 2. The molecule has 1 saturated heterocycles. The Balaban J connectivity index is 1.85. The minimum Gasteiger partial charge on any atom is -0.481 e. The van der Waals surface area contributed by atoms with Gasteiger partial charge in [0.25, 0.3) is 5.91 Å². The van der Waals surface area contributed by atoms with Gasteiger partial charge < -0.3 is 15.2 Å². The summed E-state index contributed by atoms with van der Waals surface area (Å²) >= 11 is 13.2. The van der Waals surface area contributed by atoms with Crippen molar-refractivity contribution in [1.29, 1.82) is 0 Å². The van der Waals surface area contributed by atoms with Crippen molar-refractivity contribution < 1.29 is 19.4 Å². The number of nitrogens with one attached hydrogen (secondary N) is 1. The highest BCUT2D eigenvalue weighted by Crippen LogP contribution is 2.35. The Bertz CT molecular complexity index is 976. The zero-order valence-corrected chi connectivity index (χ0v) is 15.9. The highest BCUT2D eigenvalue weighted by atomic mass is 35.5. The van der Waals surface area contributed by atoms with Crippen LogP contribution in [0.5, 0.6) is 5.75 Å². The Morgan fingerprint density at radius 3 is 2.78 bits per heavy atom. The molecule has 1 heterocycles. The maximum atomic E-state index is 12.2. The second-order valence-electron chi connectivity index (χ2n) is 5.27. The molecule has 2 aromatic carbocycles. The van der Waals surface area contributed by atoms with E-state index in [4.69, 9.17) is 33.0 Å². The normalized spacial score (nSPS) is 16.6. The molecular formula is C18H12Cl2N2O4S. The minimum atomic E-state index is -1.08. The van der Waals surface area contributed by atoms with Crippen LogP contribution >= 0.6 is 35.0 Å². The standard InChI is InChI=1S/C18H12Cl2N2O4S/c19-11-5-3-6-12(16(11)20)21-18-22-17(25)14(27-18)8-10-4-1-2-7-13(10)26-9-15(23)24/h1-8H,9H2,(H,23,24)(H,21,22,25)/b14-8+. The number of nitrogens with zero attached hydrogens (tertiary/aromatic N) is 1. The first kappa shape index (κ1) is 19.3. The molecule has 0 aliphatic carbocycles. The lowest BCUT2D eigenvalue weighted by atomic mass is 10.2. The summed E-state index contributed by atoms with van der Waals surface area (Å²) in [5.74, 6) is -1.05. The first-order chi connectivity index (χ1) is 12.9. The van der Waals surface area contributed by atoms with Crippen molar-refractivity contribution in [1.82, 2.24) is 5.32 Å². The first-order valence-electron chi connectivity index (χ1n) is 7.61. The van der Waals surface area contributed by atoms with Crippen molar-refractivity contribution in [2.24, 2.45) is 4.99 Å². The van der Waals surface area contributed by atoms with Gasteiger partial charge in [0.05, 0.1) is 20.6 Å². The molecule has 6 nitrogen and oxygen atoms in total. The van der Waals surface area contributed by atoms with Crippen molar-refractivity contribution in [2.45, 2.75) is 0 Å². The van der Waals surface area contributed by atoms with Gasteiger partial charge >= 0.3 is 5.97 Å². The lowest BCUT2D eigenvalue weighted by Crippen LogP contribution is -2.19. The Hall–Kier alpha value is -2.48. The monoisotopic (exact) mass is 422 g/mol. The van der Waals surface area contributed by atoms with Gasteiger partial charge in [-0.05, 0) is 36.0 Å². The van der Waals surface area contributed by atoms with E-state index in [1.54, 1.807) is 48.5 Å². The molecular weight excluding hydrogens is 411 g/mol. The lowest BCUT2D eigenvalue weighted by molar-refractivity contribution is -0.139. The van der Waals surface area contributed by atoms with Crippen LogP contribution in [0.25, 0.3) is 6.08 Å². The summed E-state index contributed by atoms with van der Waals surface area (Å²) in [7, 11) is 0. The van der Waals surface area contributed by atoms with E-state index < -0.39 is 12.6 Å². The van der Waals surface area contributed by atoms with Crippen LogP contribution in [0.4, 0.5) is 5.69 Å². The van der Waals surface area contributed by atoms with Crippen molar-refractivity contribution in [2.75, 3.05) is 6.61 Å². The molecule has 27 heavy (non-hydrogen) atoms. The zero-order chi connectivity index (χ0) is 19.4. The molecule has 2 N–H and O–H groups in total. The highest BCUT2D eigenvalue weighted by molar-refractivity contribution is 8.18. The van der Waals surface area contributed by atoms with E-state index in [0.29, 0.717) is 37.1 Å². The van der Waals surface area contributed by atoms with E-state index in [1.165, 1.54) is 0 Å². The average molecular weight is 423 g/mol. The summed E-state index contributed by atoms with van der Waals surface area (Å²) in [4.78, 5) is 27.6. The number of carboxylic acids is 1. The van der Waals surface area contributed by atoms with Crippen LogP contribution in [-0.2, 0) is 9.59 Å². The smallest absolute Gasteiger partial charge is 0.341 e. The molecule has 0 aromatic heterocycles. The maximum absolute atomic E-state index is 12.2. The average Bonchev–Trinajstić information content (AvgIpc) is 2.97. The van der Waals surface area contributed by atoms with Gasteiger partial charge in [0.2, 0.25) is 0 Å². The predicted octanol–water partition coefficient (Wildman–Crippen LogP) is 4.35. The Kier molecular flexibility index (Phi) is 6.05. The fourth-order valence-electron chi connectivity index (χ4n) is 2.18. The fourth-order valence-corrected chi connectivity index (χ4v) is 3.34. The summed E-state index contributed by atoms with van der Waals surface area (Å²) in [6, 6.07) is 11.9. The third-order valence-corrected chi connectivity index (χ3v) is 5.08. The summed E-state index contributed by atoms with van der Waals surface area (Å²) < 4.78 is 5.25. The van der Waals surface area contributed by atoms with Crippen LogP contribution in [0.2, 0.25) is 10.0 Å². The quantitative estimate of drug-likeness (QED) is 0.699. The first-order valence-corrected chi connectivity index (χ1v) is 9.18.